The molecule has 1 aromatic rings. The van der Waals surface area contributed by atoms with Crippen molar-refractivity contribution >= 4 is 5.97 Å². The maximum atomic E-state index is 11.7. The summed E-state index contributed by atoms with van der Waals surface area (Å²) in [4.78, 5) is 11.7. The Labute approximate surface area is 122 Å². The molecule has 3 heteroatoms. The van der Waals surface area contributed by atoms with E-state index in [0.717, 1.165) is 29.5 Å². The molecule has 0 spiro atoms. The van der Waals surface area contributed by atoms with Crippen molar-refractivity contribution in [3.8, 4) is 5.75 Å². The summed E-state index contributed by atoms with van der Waals surface area (Å²) >= 11 is 0. The van der Waals surface area contributed by atoms with Gasteiger partial charge in [-0.05, 0) is 49.3 Å². The predicted molar refractivity (Wildman–Crippen MR) is 80.9 cm³/mol. The van der Waals surface area contributed by atoms with Crippen molar-refractivity contribution in [3.05, 3.63) is 28.8 Å². The van der Waals surface area contributed by atoms with E-state index in [9.17, 15) is 9.90 Å². The van der Waals surface area contributed by atoms with Crippen molar-refractivity contribution in [1.82, 2.24) is 0 Å². The number of hydrogen-bond donors (Lipinski definition) is 1. The Balaban J connectivity index is 2.38. The Morgan fingerprint density at radius 1 is 1.30 bits per heavy atom. The first kappa shape index (κ1) is 16.5. The summed E-state index contributed by atoms with van der Waals surface area (Å²) in [5, 5.41) is 9.71. The van der Waals surface area contributed by atoms with Gasteiger partial charge >= 0.3 is 5.97 Å². The van der Waals surface area contributed by atoms with Crippen LogP contribution in [0.4, 0.5) is 0 Å². The lowest BCUT2D eigenvalue weighted by Crippen LogP contribution is -2.09. The number of rotatable bonds is 7. The van der Waals surface area contributed by atoms with Crippen LogP contribution in [0, 0.1) is 19.8 Å². The van der Waals surface area contributed by atoms with Gasteiger partial charge in [0.2, 0.25) is 0 Å². The molecule has 0 saturated heterocycles. The molecule has 1 rings (SSSR count). The van der Waals surface area contributed by atoms with Crippen LogP contribution in [0.3, 0.4) is 0 Å². The lowest BCUT2D eigenvalue weighted by Gasteiger charge is -2.10. The maximum absolute atomic E-state index is 11.7. The Morgan fingerprint density at radius 3 is 2.45 bits per heavy atom. The van der Waals surface area contributed by atoms with Gasteiger partial charge in [-0.2, -0.15) is 0 Å². The summed E-state index contributed by atoms with van der Waals surface area (Å²) in [5.74, 6) is 0.798. The predicted octanol–water partition coefficient (Wildman–Crippen LogP) is 3.92. The molecule has 20 heavy (non-hydrogen) atoms. The van der Waals surface area contributed by atoms with Gasteiger partial charge in [0.1, 0.15) is 5.75 Å². The largest absolute Gasteiger partial charge is 0.507 e. The standard InChI is InChI=1S/C17H26O3/c1-5-12(2)8-9-20-16(18)7-6-15-10-13(3)17(19)14(4)11-15/h10-12,19H,5-9H2,1-4H3. The summed E-state index contributed by atoms with van der Waals surface area (Å²) in [6, 6.07) is 3.85. The van der Waals surface area contributed by atoms with Crippen LogP contribution in [0.1, 0.15) is 49.8 Å². The summed E-state index contributed by atoms with van der Waals surface area (Å²) < 4.78 is 5.23. The zero-order valence-corrected chi connectivity index (χ0v) is 13.0. The van der Waals surface area contributed by atoms with Crippen molar-refractivity contribution < 1.29 is 14.6 Å². The highest BCUT2D eigenvalue weighted by atomic mass is 16.5. The first-order chi connectivity index (χ1) is 9.43. The molecule has 0 fully saturated rings. The van der Waals surface area contributed by atoms with Gasteiger partial charge < -0.3 is 9.84 Å². The fourth-order valence-corrected chi connectivity index (χ4v) is 2.09. The quantitative estimate of drug-likeness (QED) is 0.769. The highest BCUT2D eigenvalue weighted by Gasteiger charge is 2.08. The second-order valence-electron chi connectivity index (χ2n) is 5.60. The topological polar surface area (TPSA) is 46.5 Å². The zero-order valence-electron chi connectivity index (χ0n) is 13.0. The number of esters is 1. The van der Waals surface area contributed by atoms with Crippen molar-refractivity contribution in [1.29, 1.82) is 0 Å². The normalized spacial score (nSPS) is 12.2. The Hall–Kier alpha value is -1.51. The number of carbonyl (C=O) groups is 1. The van der Waals surface area contributed by atoms with Crippen LogP contribution < -0.4 is 0 Å². The average molecular weight is 278 g/mol. The molecule has 0 aromatic heterocycles. The van der Waals surface area contributed by atoms with E-state index in [-0.39, 0.29) is 5.97 Å². The molecule has 3 nitrogen and oxygen atoms in total. The van der Waals surface area contributed by atoms with Crippen molar-refractivity contribution in [2.75, 3.05) is 6.61 Å². The molecule has 0 radical (unpaired) electrons. The van der Waals surface area contributed by atoms with Crippen molar-refractivity contribution in [3.63, 3.8) is 0 Å². The number of aryl methyl sites for hydroxylation is 3. The van der Waals surface area contributed by atoms with E-state index in [0.29, 0.717) is 31.1 Å². The minimum atomic E-state index is -0.142. The van der Waals surface area contributed by atoms with Crippen molar-refractivity contribution in [2.45, 2.75) is 53.4 Å². The van der Waals surface area contributed by atoms with Gasteiger partial charge in [0.05, 0.1) is 6.61 Å². The molecule has 0 aliphatic rings. The van der Waals surface area contributed by atoms with E-state index in [2.05, 4.69) is 13.8 Å². The van der Waals surface area contributed by atoms with Gasteiger partial charge in [0, 0.05) is 6.42 Å². The lowest BCUT2D eigenvalue weighted by molar-refractivity contribution is -0.143. The van der Waals surface area contributed by atoms with E-state index >= 15 is 0 Å². The van der Waals surface area contributed by atoms with E-state index in [4.69, 9.17) is 4.74 Å². The number of carbonyl (C=O) groups excluding carboxylic acids is 1. The molecule has 1 unspecified atom stereocenters. The first-order valence-corrected chi connectivity index (χ1v) is 7.38. The fourth-order valence-electron chi connectivity index (χ4n) is 2.09. The van der Waals surface area contributed by atoms with E-state index in [1.807, 2.05) is 26.0 Å². The third-order valence-corrected chi connectivity index (χ3v) is 3.74. The van der Waals surface area contributed by atoms with Crippen LogP contribution in [-0.4, -0.2) is 17.7 Å². The van der Waals surface area contributed by atoms with Gasteiger partial charge in [-0.25, -0.2) is 0 Å². The van der Waals surface area contributed by atoms with Gasteiger partial charge in [-0.1, -0.05) is 32.4 Å². The van der Waals surface area contributed by atoms with Gasteiger partial charge in [0.15, 0.2) is 0 Å². The molecule has 1 aromatic carbocycles. The summed E-state index contributed by atoms with van der Waals surface area (Å²) in [7, 11) is 0. The molecule has 0 saturated carbocycles. The summed E-state index contributed by atoms with van der Waals surface area (Å²) in [6.45, 7) is 8.56. The zero-order chi connectivity index (χ0) is 15.1. The Bertz CT molecular complexity index is 429. The molecule has 0 heterocycles. The first-order valence-electron chi connectivity index (χ1n) is 7.38. The van der Waals surface area contributed by atoms with Crippen molar-refractivity contribution in [2.24, 2.45) is 5.92 Å². The fraction of sp³-hybridized carbons (Fsp3) is 0.588. The third-order valence-electron chi connectivity index (χ3n) is 3.74. The highest BCUT2D eigenvalue weighted by Crippen LogP contribution is 2.23. The lowest BCUT2D eigenvalue weighted by atomic mass is 10.0. The molecular formula is C17H26O3. The molecule has 0 amide bonds. The van der Waals surface area contributed by atoms with Crippen LogP contribution in [-0.2, 0) is 16.0 Å². The molecule has 0 bridgehead atoms. The van der Waals surface area contributed by atoms with Crippen LogP contribution in [0.25, 0.3) is 0 Å². The Kier molecular flexibility index (Phi) is 6.56. The van der Waals surface area contributed by atoms with Gasteiger partial charge in [0.25, 0.3) is 0 Å². The summed E-state index contributed by atoms with van der Waals surface area (Å²) in [6.07, 6.45) is 3.09. The molecule has 1 atom stereocenters. The number of phenolic OH excluding ortho intramolecular Hbond substituents is 1. The number of aromatic hydroxyl groups is 1. The number of benzene rings is 1. The number of hydrogen-bond acceptors (Lipinski definition) is 3. The number of ether oxygens (including phenoxy) is 1. The molecule has 1 N–H and O–H groups in total. The third kappa shape index (κ3) is 5.24. The van der Waals surface area contributed by atoms with Crippen LogP contribution >= 0.6 is 0 Å². The second-order valence-corrected chi connectivity index (χ2v) is 5.60. The molecular weight excluding hydrogens is 252 g/mol. The smallest absolute Gasteiger partial charge is 0.306 e. The number of phenols is 1. The SMILES string of the molecule is CCC(C)CCOC(=O)CCc1cc(C)c(O)c(C)c1. The Morgan fingerprint density at radius 2 is 1.90 bits per heavy atom. The second kappa shape index (κ2) is 7.93. The van der Waals surface area contributed by atoms with Crippen LogP contribution in [0.2, 0.25) is 0 Å². The molecule has 0 aliphatic heterocycles. The van der Waals surface area contributed by atoms with Crippen LogP contribution in [0.15, 0.2) is 12.1 Å². The monoisotopic (exact) mass is 278 g/mol. The minimum Gasteiger partial charge on any atom is -0.507 e. The van der Waals surface area contributed by atoms with Gasteiger partial charge in [-0.15, -0.1) is 0 Å². The van der Waals surface area contributed by atoms with E-state index in [1.54, 1.807) is 0 Å². The molecule has 112 valence electrons. The highest BCUT2D eigenvalue weighted by molar-refractivity contribution is 5.69. The van der Waals surface area contributed by atoms with E-state index in [1.165, 1.54) is 0 Å². The van der Waals surface area contributed by atoms with Gasteiger partial charge in [-0.3, -0.25) is 4.79 Å². The summed E-state index contributed by atoms with van der Waals surface area (Å²) in [5.41, 5.74) is 2.77. The average Bonchev–Trinajstić information content (AvgIpc) is 2.42. The van der Waals surface area contributed by atoms with E-state index < -0.39 is 0 Å². The minimum absolute atomic E-state index is 0.142. The molecule has 0 aliphatic carbocycles. The maximum Gasteiger partial charge on any atom is 0.306 e. The van der Waals surface area contributed by atoms with Crippen LogP contribution in [0.5, 0.6) is 5.75 Å².